The van der Waals surface area contributed by atoms with Gasteiger partial charge in [0.2, 0.25) is 0 Å². The Kier molecular flexibility index (Phi) is 5.39. The predicted molar refractivity (Wildman–Crippen MR) is 111 cm³/mol. The van der Waals surface area contributed by atoms with Crippen molar-refractivity contribution in [1.29, 1.82) is 0 Å². The number of furan rings is 1. The summed E-state index contributed by atoms with van der Waals surface area (Å²) >= 11 is 0. The van der Waals surface area contributed by atoms with Gasteiger partial charge >= 0.3 is 5.97 Å². The van der Waals surface area contributed by atoms with Crippen LogP contribution in [0.15, 0.2) is 23.0 Å². The summed E-state index contributed by atoms with van der Waals surface area (Å²) < 4.78 is 16.1. The summed E-state index contributed by atoms with van der Waals surface area (Å²) in [5.74, 6) is -2.11. The van der Waals surface area contributed by atoms with Gasteiger partial charge in [-0.15, -0.1) is 0 Å². The molecule has 0 aliphatic heterocycles. The zero-order valence-corrected chi connectivity index (χ0v) is 18.4. The second kappa shape index (κ2) is 7.53. The predicted octanol–water partition coefficient (Wildman–Crippen LogP) is 1.69. The molecule has 3 aliphatic rings. The highest BCUT2D eigenvalue weighted by Gasteiger charge is 2.70. The van der Waals surface area contributed by atoms with Gasteiger partial charge in [0.15, 0.2) is 5.78 Å². The van der Waals surface area contributed by atoms with Crippen molar-refractivity contribution in [2.45, 2.75) is 63.1 Å². The van der Waals surface area contributed by atoms with Crippen molar-refractivity contribution in [1.82, 2.24) is 0 Å². The molecular weight excluding hydrogens is 400 g/mol. The Bertz CT molecular complexity index is 885. The molecule has 3 aliphatic carbocycles. The Morgan fingerprint density at radius 1 is 1.32 bits per heavy atom. The number of ketones is 2. The van der Waals surface area contributed by atoms with E-state index in [1.807, 2.05) is 6.92 Å². The summed E-state index contributed by atoms with van der Waals surface area (Å²) in [4.78, 5) is 39.9. The maximum atomic E-state index is 13.8. The fourth-order valence-electron chi connectivity index (χ4n) is 6.58. The van der Waals surface area contributed by atoms with Gasteiger partial charge in [-0.25, -0.2) is 0 Å². The lowest BCUT2D eigenvalue weighted by molar-refractivity contribution is -0.184. The lowest BCUT2D eigenvalue weighted by atomic mass is 9.42. The Balaban J connectivity index is 1.83. The van der Waals surface area contributed by atoms with Crippen LogP contribution in [0.1, 0.15) is 51.5 Å². The molecule has 0 radical (unpaired) electrons. The molecule has 8 nitrogen and oxygen atoms in total. The van der Waals surface area contributed by atoms with E-state index < -0.39 is 40.4 Å². The molecule has 3 fully saturated rings. The van der Waals surface area contributed by atoms with Crippen molar-refractivity contribution >= 4 is 17.5 Å². The van der Waals surface area contributed by atoms with Gasteiger partial charge in [-0.3, -0.25) is 14.4 Å². The minimum absolute atomic E-state index is 0.00720. The highest BCUT2D eigenvalue weighted by atomic mass is 16.5. The van der Waals surface area contributed by atoms with Gasteiger partial charge in [-0.1, -0.05) is 6.92 Å². The summed E-state index contributed by atoms with van der Waals surface area (Å²) in [5.41, 5.74) is 11.2. The van der Waals surface area contributed by atoms with Gasteiger partial charge in [-0.05, 0) is 44.6 Å². The van der Waals surface area contributed by atoms with Crippen LogP contribution in [0.25, 0.3) is 0 Å². The quantitative estimate of drug-likeness (QED) is 0.686. The molecule has 1 heterocycles. The van der Waals surface area contributed by atoms with Crippen LogP contribution < -0.4 is 11.5 Å². The van der Waals surface area contributed by atoms with Gasteiger partial charge in [-0.2, -0.15) is 0 Å². The van der Waals surface area contributed by atoms with E-state index in [0.29, 0.717) is 31.4 Å². The van der Waals surface area contributed by atoms with Gasteiger partial charge < -0.3 is 25.4 Å². The number of rotatable bonds is 4. The molecule has 3 saturated carbocycles. The fraction of sp³-hybridized carbons (Fsp3) is 0.696. The van der Waals surface area contributed by atoms with Crippen molar-refractivity contribution in [2.75, 3.05) is 13.7 Å². The summed E-state index contributed by atoms with van der Waals surface area (Å²) in [5, 5.41) is 0. The van der Waals surface area contributed by atoms with Gasteiger partial charge in [0.25, 0.3) is 0 Å². The largest absolute Gasteiger partial charge is 0.472 e. The van der Waals surface area contributed by atoms with E-state index in [-0.39, 0.29) is 30.3 Å². The highest BCUT2D eigenvalue weighted by Crippen LogP contribution is 2.61. The number of Topliss-reactive ketones (excluding diaryl/α,β-unsaturated/α-hetero) is 2. The average Bonchev–Trinajstić information content (AvgIpc) is 3.28. The number of ether oxygens (including phenoxy) is 2. The molecule has 4 N–H and O–H groups in total. The lowest BCUT2D eigenvalue weighted by Crippen LogP contribution is -2.77. The van der Waals surface area contributed by atoms with Crippen LogP contribution in [0, 0.1) is 23.2 Å². The maximum absolute atomic E-state index is 13.8. The van der Waals surface area contributed by atoms with Crippen molar-refractivity contribution < 1.29 is 28.3 Å². The number of hydrogen-bond donors (Lipinski definition) is 2. The van der Waals surface area contributed by atoms with E-state index in [1.165, 1.54) is 13.4 Å². The van der Waals surface area contributed by atoms with Crippen molar-refractivity contribution in [3.8, 4) is 0 Å². The van der Waals surface area contributed by atoms with Crippen LogP contribution in [-0.2, 0) is 29.4 Å². The minimum Gasteiger partial charge on any atom is -0.472 e. The van der Waals surface area contributed by atoms with E-state index in [0.717, 1.165) is 0 Å². The normalized spacial score (nSPS) is 42.6. The molecule has 7 unspecified atom stereocenters. The molecule has 0 bridgehead atoms. The number of nitrogens with two attached hydrogens (primary N) is 2. The maximum Gasteiger partial charge on any atom is 0.309 e. The van der Waals surface area contributed by atoms with E-state index in [4.69, 9.17) is 25.4 Å². The van der Waals surface area contributed by atoms with Crippen molar-refractivity contribution in [3.63, 3.8) is 0 Å². The second-order valence-electron chi connectivity index (χ2n) is 9.67. The van der Waals surface area contributed by atoms with Crippen molar-refractivity contribution in [2.24, 2.45) is 34.6 Å². The molecule has 0 aromatic carbocycles. The topological polar surface area (TPSA) is 135 Å². The zero-order valence-electron chi connectivity index (χ0n) is 18.4. The molecule has 1 aromatic heterocycles. The highest BCUT2D eigenvalue weighted by molar-refractivity contribution is 5.98. The van der Waals surface area contributed by atoms with Crippen LogP contribution in [0.3, 0.4) is 0 Å². The van der Waals surface area contributed by atoms with Crippen LogP contribution >= 0.6 is 0 Å². The smallest absolute Gasteiger partial charge is 0.309 e. The molecule has 0 saturated heterocycles. The third-order valence-corrected chi connectivity index (χ3v) is 8.35. The molecule has 170 valence electrons. The van der Waals surface area contributed by atoms with E-state index >= 15 is 0 Å². The number of methoxy groups -OCH3 is 1. The Morgan fingerprint density at radius 2 is 2.06 bits per heavy atom. The standard InChI is InChI=1S/C23H32N2O6/c1-4-31-18-9-15(20(28)29-3)21(2)7-5-14-16(23(21,25)19(18)27)10-22(24,11-17(14)26)13-6-8-30-12-13/h6,8,12,14-16,18H,4-5,7,9-11,24-25H2,1-3H3. The van der Waals surface area contributed by atoms with Gasteiger partial charge in [0.05, 0.1) is 36.6 Å². The monoisotopic (exact) mass is 432 g/mol. The molecule has 8 heteroatoms. The number of carbonyl (C=O) groups excluding carboxylic acids is 3. The van der Waals surface area contributed by atoms with Crippen molar-refractivity contribution in [3.05, 3.63) is 24.2 Å². The van der Waals surface area contributed by atoms with Crippen LogP contribution in [-0.4, -0.2) is 42.9 Å². The first-order valence-corrected chi connectivity index (χ1v) is 11.0. The summed E-state index contributed by atoms with van der Waals surface area (Å²) in [6, 6.07) is 1.75. The molecule has 7 atom stereocenters. The van der Waals surface area contributed by atoms with Crippen LogP contribution in [0.2, 0.25) is 0 Å². The third kappa shape index (κ3) is 3.02. The first-order chi connectivity index (χ1) is 14.6. The first kappa shape index (κ1) is 22.2. The average molecular weight is 433 g/mol. The summed E-state index contributed by atoms with van der Waals surface area (Å²) in [6.45, 7) is 4.01. The number of carbonyl (C=O) groups is 3. The Labute approximate surface area is 182 Å². The molecule has 0 amide bonds. The summed E-state index contributed by atoms with van der Waals surface area (Å²) in [7, 11) is 1.34. The molecular formula is C23H32N2O6. The molecule has 4 rings (SSSR count). The fourth-order valence-corrected chi connectivity index (χ4v) is 6.58. The van der Waals surface area contributed by atoms with Crippen LogP contribution in [0.5, 0.6) is 0 Å². The number of esters is 1. The summed E-state index contributed by atoms with van der Waals surface area (Å²) in [6.07, 6.45) is 4.07. The molecule has 1 aromatic rings. The van der Waals surface area contributed by atoms with E-state index in [9.17, 15) is 14.4 Å². The van der Waals surface area contributed by atoms with Gasteiger partial charge in [0, 0.05) is 29.9 Å². The zero-order chi connectivity index (χ0) is 22.6. The first-order valence-electron chi connectivity index (χ1n) is 11.0. The second-order valence-corrected chi connectivity index (χ2v) is 9.67. The molecule has 31 heavy (non-hydrogen) atoms. The van der Waals surface area contributed by atoms with Crippen LogP contribution in [0.4, 0.5) is 0 Å². The SMILES string of the molecule is CCOC1CC(C(=O)OC)C2(C)CCC3C(=O)CC(N)(c4ccoc4)CC3C2(N)C1=O. The Hall–Kier alpha value is -2.03. The van der Waals surface area contributed by atoms with Gasteiger partial charge in [0.1, 0.15) is 11.9 Å². The molecule has 0 spiro atoms. The minimum atomic E-state index is -1.43. The Morgan fingerprint density at radius 3 is 2.68 bits per heavy atom. The lowest BCUT2D eigenvalue weighted by Gasteiger charge is -2.63. The number of hydrogen-bond acceptors (Lipinski definition) is 8. The third-order valence-electron chi connectivity index (χ3n) is 8.35. The number of fused-ring (bicyclic) bond motifs is 3. The van der Waals surface area contributed by atoms with E-state index in [1.54, 1.807) is 19.3 Å². The van der Waals surface area contributed by atoms with E-state index in [2.05, 4.69) is 0 Å².